The molecule has 1 aliphatic rings. The maximum atomic E-state index is 11.5. The van der Waals surface area contributed by atoms with Crippen LogP contribution in [0.2, 0.25) is 5.02 Å². The summed E-state index contributed by atoms with van der Waals surface area (Å²) in [6, 6.07) is 16.1. The van der Waals surface area contributed by atoms with Gasteiger partial charge in [0.25, 0.3) is 0 Å². The minimum absolute atomic E-state index is 0.0175. The van der Waals surface area contributed by atoms with E-state index in [-0.39, 0.29) is 18.1 Å². The summed E-state index contributed by atoms with van der Waals surface area (Å²) in [5.74, 6) is 0.802. The third-order valence-electron chi connectivity index (χ3n) is 6.03. The van der Waals surface area contributed by atoms with Crippen LogP contribution in [0.15, 0.2) is 48.5 Å². The van der Waals surface area contributed by atoms with E-state index in [0.717, 1.165) is 60.4 Å². The van der Waals surface area contributed by atoms with E-state index < -0.39 is 0 Å². The number of β-amino-alcohol motifs (C(OH)–C–C–N with tert-alkyl or cyclic N) is 1. The average Bonchev–Trinajstić information content (AvgIpc) is 3.34. The van der Waals surface area contributed by atoms with Crippen LogP contribution in [0.3, 0.4) is 0 Å². The highest BCUT2D eigenvalue weighted by molar-refractivity contribution is 6.30. The summed E-state index contributed by atoms with van der Waals surface area (Å²) in [5.41, 5.74) is 3.17. The summed E-state index contributed by atoms with van der Waals surface area (Å²) >= 11 is 6.27. The number of ether oxygens (including phenoxy) is 1. The van der Waals surface area contributed by atoms with Gasteiger partial charge in [-0.1, -0.05) is 23.7 Å². The number of carbonyl (C=O) groups is 1. The Morgan fingerprint density at radius 1 is 1.27 bits per heavy atom. The Hall–Kier alpha value is -2.54. The number of fused-ring (bicyclic) bond motifs is 1. The van der Waals surface area contributed by atoms with E-state index >= 15 is 0 Å². The van der Waals surface area contributed by atoms with Crippen molar-refractivity contribution >= 4 is 28.4 Å². The van der Waals surface area contributed by atoms with Crippen LogP contribution in [0.4, 0.5) is 0 Å². The van der Waals surface area contributed by atoms with Crippen LogP contribution in [0.1, 0.15) is 26.7 Å². The van der Waals surface area contributed by atoms with Crippen LogP contribution in [-0.4, -0.2) is 58.9 Å². The molecule has 1 aliphatic heterocycles. The van der Waals surface area contributed by atoms with E-state index in [2.05, 4.69) is 33.0 Å². The molecule has 1 saturated heterocycles. The van der Waals surface area contributed by atoms with Gasteiger partial charge < -0.3 is 24.6 Å². The summed E-state index contributed by atoms with van der Waals surface area (Å²) in [7, 11) is 0. The molecule has 1 fully saturated rings. The lowest BCUT2D eigenvalue weighted by molar-refractivity contribution is -0.119. The van der Waals surface area contributed by atoms with Crippen LogP contribution in [0, 0.1) is 0 Å². The zero-order chi connectivity index (χ0) is 23.4. The van der Waals surface area contributed by atoms with Gasteiger partial charge in [-0.25, -0.2) is 0 Å². The van der Waals surface area contributed by atoms with Gasteiger partial charge in [0, 0.05) is 60.8 Å². The number of aromatic nitrogens is 1. The highest BCUT2D eigenvalue weighted by atomic mass is 35.5. The van der Waals surface area contributed by atoms with E-state index in [1.807, 2.05) is 37.3 Å². The van der Waals surface area contributed by atoms with Crippen molar-refractivity contribution in [1.82, 2.24) is 14.8 Å². The molecule has 0 radical (unpaired) electrons. The number of halogens is 1. The van der Waals surface area contributed by atoms with Gasteiger partial charge in [0.05, 0.1) is 12.7 Å². The van der Waals surface area contributed by atoms with Gasteiger partial charge in [-0.15, -0.1) is 0 Å². The molecule has 2 N–H and O–H groups in total. The molecule has 0 bridgehead atoms. The summed E-state index contributed by atoms with van der Waals surface area (Å²) in [6.07, 6.45) is 1.61. The van der Waals surface area contributed by atoms with Crippen molar-refractivity contribution in [2.45, 2.75) is 45.4 Å². The second kappa shape index (κ2) is 10.6. The number of hydrogen-bond acceptors (Lipinski definition) is 4. The molecule has 0 saturated carbocycles. The SMILES string of the molecule is CC(=O)NC(C)Cn1c(-c2cccc(Cl)c2)cc2cc(OCCCN3CCC(O)C3)ccc21. The third-order valence-corrected chi connectivity index (χ3v) is 6.27. The number of aliphatic hydroxyl groups is 1. The Kier molecular flexibility index (Phi) is 7.58. The lowest BCUT2D eigenvalue weighted by Gasteiger charge is -2.18. The molecule has 2 heterocycles. The van der Waals surface area contributed by atoms with Crippen molar-refractivity contribution in [3.05, 3.63) is 53.6 Å². The van der Waals surface area contributed by atoms with Gasteiger partial charge in [0.2, 0.25) is 5.91 Å². The molecule has 2 atom stereocenters. The van der Waals surface area contributed by atoms with Crippen molar-refractivity contribution in [3.8, 4) is 17.0 Å². The zero-order valence-corrected chi connectivity index (χ0v) is 20.0. The molecule has 2 unspecified atom stereocenters. The van der Waals surface area contributed by atoms with E-state index in [9.17, 15) is 9.90 Å². The van der Waals surface area contributed by atoms with E-state index in [4.69, 9.17) is 16.3 Å². The average molecular weight is 470 g/mol. The third kappa shape index (κ3) is 6.08. The summed E-state index contributed by atoms with van der Waals surface area (Å²) in [4.78, 5) is 13.8. The largest absolute Gasteiger partial charge is 0.494 e. The second-order valence-corrected chi connectivity index (χ2v) is 9.35. The van der Waals surface area contributed by atoms with E-state index in [1.165, 1.54) is 6.92 Å². The number of amides is 1. The maximum absolute atomic E-state index is 11.5. The number of hydrogen-bond donors (Lipinski definition) is 2. The van der Waals surface area contributed by atoms with Gasteiger partial charge in [0.1, 0.15) is 5.75 Å². The van der Waals surface area contributed by atoms with Gasteiger partial charge in [-0.05, 0) is 61.7 Å². The molecular formula is C26H32ClN3O3. The summed E-state index contributed by atoms with van der Waals surface area (Å²) in [6.45, 7) is 7.50. The first kappa shape index (κ1) is 23.6. The van der Waals surface area contributed by atoms with E-state index in [0.29, 0.717) is 18.2 Å². The first-order valence-electron chi connectivity index (χ1n) is 11.6. The molecule has 1 amide bonds. The standard InChI is InChI=1S/C26H32ClN3O3/c1-18(28-19(2)31)16-30-25-8-7-24(33-12-4-10-29-11-9-23(32)17-29)14-21(25)15-26(30)20-5-3-6-22(27)13-20/h3,5-8,13-15,18,23,32H,4,9-12,16-17H2,1-2H3,(H,28,31). The van der Waals surface area contributed by atoms with Crippen LogP contribution in [0.5, 0.6) is 5.75 Å². The number of nitrogens with one attached hydrogen (secondary N) is 1. The molecule has 0 aliphatic carbocycles. The molecule has 33 heavy (non-hydrogen) atoms. The number of carbonyl (C=O) groups excluding carboxylic acids is 1. The summed E-state index contributed by atoms with van der Waals surface area (Å²) < 4.78 is 8.26. The van der Waals surface area contributed by atoms with Crippen LogP contribution in [0.25, 0.3) is 22.2 Å². The molecule has 4 rings (SSSR count). The zero-order valence-electron chi connectivity index (χ0n) is 19.3. The number of likely N-dealkylation sites (tertiary alicyclic amines) is 1. The molecule has 1 aromatic heterocycles. The Bertz CT molecular complexity index is 1110. The molecular weight excluding hydrogens is 438 g/mol. The molecule has 2 aromatic carbocycles. The molecule has 3 aromatic rings. The highest BCUT2D eigenvalue weighted by Gasteiger charge is 2.19. The fourth-order valence-corrected chi connectivity index (χ4v) is 4.77. The predicted molar refractivity (Wildman–Crippen MR) is 133 cm³/mol. The molecule has 0 spiro atoms. The smallest absolute Gasteiger partial charge is 0.217 e. The van der Waals surface area contributed by atoms with Gasteiger partial charge in [-0.3, -0.25) is 4.79 Å². The number of aliphatic hydroxyl groups excluding tert-OH is 1. The van der Waals surface area contributed by atoms with Crippen LogP contribution < -0.4 is 10.1 Å². The van der Waals surface area contributed by atoms with Gasteiger partial charge >= 0.3 is 0 Å². The molecule has 6 nitrogen and oxygen atoms in total. The van der Waals surface area contributed by atoms with E-state index in [1.54, 1.807) is 0 Å². The highest BCUT2D eigenvalue weighted by Crippen LogP contribution is 2.32. The minimum atomic E-state index is -0.181. The van der Waals surface area contributed by atoms with Crippen molar-refractivity contribution < 1.29 is 14.6 Å². The Labute approximate surface area is 200 Å². The first-order valence-corrected chi connectivity index (χ1v) is 12.0. The molecule has 176 valence electrons. The monoisotopic (exact) mass is 469 g/mol. The predicted octanol–water partition coefficient (Wildman–Crippen LogP) is 4.32. The van der Waals surface area contributed by atoms with Crippen LogP contribution >= 0.6 is 11.6 Å². The quantitative estimate of drug-likeness (QED) is 0.458. The maximum Gasteiger partial charge on any atom is 0.217 e. The Morgan fingerprint density at radius 2 is 2.12 bits per heavy atom. The van der Waals surface area contributed by atoms with Gasteiger partial charge in [0.15, 0.2) is 0 Å². The number of nitrogens with zero attached hydrogens (tertiary/aromatic N) is 2. The van der Waals surface area contributed by atoms with Crippen molar-refractivity contribution in [3.63, 3.8) is 0 Å². The van der Waals surface area contributed by atoms with Crippen molar-refractivity contribution in [2.24, 2.45) is 0 Å². The van der Waals surface area contributed by atoms with Crippen molar-refractivity contribution in [1.29, 1.82) is 0 Å². The first-order chi connectivity index (χ1) is 15.9. The van der Waals surface area contributed by atoms with Crippen molar-refractivity contribution in [2.75, 3.05) is 26.2 Å². The Balaban J connectivity index is 1.52. The fraction of sp³-hybridized carbons (Fsp3) is 0.423. The second-order valence-electron chi connectivity index (χ2n) is 8.92. The topological polar surface area (TPSA) is 66.7 Å². The summed E-state index contributed by atoms with van der Waals surface area (Å²) in [5, 5.41) is 14.4. The minimum Gasteiger partial charge on any atom is -0.494 e. The number of benzene rings is 2. The molecule has 7 heteroatoms. The number of rotatable bonds is 9. The lowest BCUT2D eigenvalue weighted by Crippen LogP contribution is -2.34. The normalized spacial score (nSPS) is 17.4. The Morgan fingerprint density at radius 3 is 2.85 bits per heavy atom. The fourth-order valence-electron chi connectivity index (χ4n) is 4.58. The van der Waals surface area contributed by atoms with Gasteiger partial charge in [-0.2, -0.15) is 0 Å². The lowest BCUT2D eigenvalue weighted by atomic mass is 10.1. The van der Waals surface area contributed by atoms with Crippen LogP contribution in [-0.2, 0) is 11.3 Å².